The molecule has 0 fully saturated rings. The van der Waals surface area contributed by atoms with Crippen molar-refractivity contribution in [2.24, 2.45) is 0 Å². The molecule has 2 heterocycles. The lowest BCUT2D eigenvalue weighted by molar-refractivity contribution is -0.116. The summed E-state index contributed by atoms with van der Waals surface area (Å²) in [4.78, 5) is 40.0. The van der Waals surface area contributed by atoms with Crippen LogP contribution in [0.5, 0.6) is 5.75 Å². The number of fused-ring (bicyclic) bond motifs is 3. The zero-order valence-corrected chi connectivity index (χ0v) is 19.7. The summed E-state index contributed by atoms with van der Waals surface area (Å²) < 4.78 is 22.8. The van der Waals surface area contributed by atoms with Crippen LogP contribution in [0.4, 0.5) is 10.1 Å². The number of benzene rings is 3. The first-order valence-corrected chi connectivity index (χ1v) is 11.6. The second-order valence-corrected chi connectivity index (χ2v) is 9.05. The maximum atomic E-state index is 14.3. The SMILES string of the molecule is COc1ccc(NC(=O)Cn2c(=O)n(-c3ccc(C)c(F)c3)c(=O)c3sc4ccccc4c32)cc1. The highest BCUT2D eigenvalue weighted by Crippen LogP contribution is 2.31. The van der Waals surface area contributed by atoms with E-state index < -0.39 is 23.0 Å². The van der Waals surface area contributed by atoms with E-state index in [1.807, 2.05) is 18.2 Å². The van der Waals surface area contributed by atoms with Crippen molar-refractivity contribution in [3.8, 4) is 11.4 Å². The fraction of sp³-hybridized carbons (Fsp3) is 0.115. The number of aromatic nitrogens is 2. The predicted octanol–water partition coefficient (Wildman–Crippen LogP) is 4.46. The molecule has 3 aromatic carbocycles. The normalized spacial score (nSPS) is 11.2. The van der Waals surface area contributed by atoms with E-state index in [1.165, 1.54) is 28.0 Å². The van der Waals surface area contributed by atoms with Crippen LogP contribution >= 0.6 is 11.3 Å². The van der Waals surface area contributed by atoms with Crippen molar-refractivity contribution in [3.63, 3.8) is 0 Å². The van der Waals surface area contributed by atoms with Crippen molar-refractivity contribution in [2.75, 3.05) is 12.4 Å². The largest absolute Gasteiger partial charge is 0.497 e. The number of hydrogen-bond acceptors (Lipinski definition) is 5. The molecule has 35 heavy (non-hydrogen) atoms. The monoisotopic (exact) mass is 489 g/mol. The number of anilines is 1. The third kappa shape index (κ3) is 4.00. The zero-order valence-electron chi connectivity index (χ0n) is 18.9. The molecule has 5 aromatic rings. The van der Waals surface area contributed by atoms with Gasteiger partial charge in [-0.1, -0.05) is 24.3 Å². The number of methoxy groups -OCH3 is 1. The van der Waals surface area contributed by atoms with E-state index in [2.05, 4.69) is 5.32 Å². The first-order chi connectivity index (χ1) is 16.9. The van der Waals surface area contributed by atoms with Gasteiger partial charge in [0.25, 0.3) is 5.56 Å². The molecule has 176 valence electrons. The number of rotatable bonds is 5. The van der Waals surface area contributed by atoms with E-state index in [0.29, 0.717) is 32.6 Å². The van der Waals surface area contributed by atoms with Gasteiger partial charge in [0.2, 0.25) is 5.91 Å². The van der Waals surface area contributed by atoms with Gasteiger partial charge in [-0.05, 0) is 55.0 Å². The minimum atomic E-state index is -0.723. The first kappa shape index (κ1) is 22.5. The maximum absolute atomic E-state index is 14.3. The van der Waals surface area contributed by atoms with Crippen molar-refractivity contribution in [1.29, 1.82) is 0 Å². The first-order valence-electron chi connectivity index (χ1n) is 10.7. The molecule has 1 amide bonds. The van der Waals surface area contributed by atoms with E-state index in [4.69, 9.17) is 4.74 Å². The van der Waals surface area contributed by atoms with E-state index >= 15 is 0 Å². The highest BCUT2D eigenvalue weighted by Gasteiger charge is 2.21. The summed E-state index contributed by atoms with van der Waals surface area (Å²) in [5.74, 6) is -0.341. The number of ether oxygens (including phenoxy) is 1. The molecular formula is C26H20FN3O4S. The Balaban J connectivity index is 1.68. The minimum Gasteiger partial charge on any atom is -0.497 e. The molecular weight excluding hydrogens is 469 g/mol. The number of aryl methyl sites for hydroxylation is 1. The fourth-order valence-electron chi connectivity index (χ4n) is 3.96. The lowest BCUT2D eigenvalue weighted by Gasteiger charge is -2.13. The zero-order chi connectivity index (χ0) is 24.7. The number of nitrogens with one attached hydrogen (secondary N) is 1. The molecule has 0 spiro atoms. The van der Waals surface area contributed by atoms with Crippen LogP contribution in [-0.2, 0) is 11.3 Å². The molecule has 0 aliphatic rings. The standard InChI is InChI=1S/C26H20FN3O4S/c1-15-7-10-17(13-20(15)27)30-25(32)24-23(19-5-3-4-6-21(19)35-24)29(26(30)33)14-22(31)28-16-8-11-18(34-2)12-9-16/h3-13H,14H2,1-2H3,(H,28,31). The van der Waals surface area contributed by atoms with Gasteiger partial charge in [-0.25, -0.2) is 13.8 Å². The van der Waals surface area contributed by atoms with Crippen molar-refractivity contribution in [3.05, 3.63) is 98.9 Å². The fourth-order valence-corrected chi connectivity index (χ4v) is 5.10. The molecule has 0 saturated carbocycles. The number of carbonyl (C=O) groups is 1. The van der Waals surface area contributed by atoms with Crippen LogP contribution in [0, 0.1) is 12.7 Å². The van der Waals surface area contributed by atoms with E-state index in [0.717, 1.165) is 15.3 Å². The van der Waals surface area contributed by atoms with Crippen LogP contribution in [0.3, 0.4) is 0 Å². The summed E-state index contributed by atoms with van der Waals surface area (Å²) in [6.45, 7) is 1.26. The molecule has 0 aliphatic heterocycles. The molecule has 2 aromatic heterocycles. The smallest absolute Gasteiger partial charge is 0.336 e. The van der Waals surface area contributed by atoms with Crippen molar-refractivity contribution >= 4 is 43.2 Å². The van der Waals surface area contributed by atoms with Crippen LogP contribution in [0.15, 0.2) is 76.3 Å². The van der Waals surface area contributed by atoms with Crippen LogP contribution < -0.4 is 21.3 Å². The maximum Gasteiger partial charge on any atom is 0.336 e. The summed E-state index contributed by atoms with van der Waals surface area (Å²) in [7, 11) is 1.55. The number of halogens is 1. The van der Waals surface area contributed by atoms with E-state index in [1.54, 1.807) is 44.4 Å². The summed E-state index contributed by atoms with van der Waals surface area (Å²) in [6, 6.07) is 18.3. The Kier molecular flexibility index (Phi) is 5.70. The molecule has 0 radical (unpaired) electrons. The van der Waals surface area contributed by atoms with Gasteiger partial charge in [0.15, 0.2) is 0 Å². The van der Waals surface area contributed by atoms with Crippen molar-refractivity contribution in [1.82, 2.24) is 9.13 Å². The molecule has 1 N–H and O–H groups in total. The number of amides is 1. The lowest BCUT2D eigenvalue weighted by atomic mass is 10.2. The van der Waals surface area contributed by atoms with Gasteiger partial charge < -0.3 is 10.1 Å². The molecule has 7 nitrogen and oxygen atoms in total. The van der Waals surface area contributed by atoms with Gasteiger partial charge in [0.1, 0.15) is 22.8 Å². The molecule has 5 rings (SSSR count). The summed E-state index contributed by atoms with van der Waals surface area (Å²) in [5.41, 5.74) is 0.134. The minimum absolute atomic E-state index is 0.103. The van der Waals surface area contributed by atoms with E-state index in [-0.39, 0.29) is 12.2 Å². The average molecular weight is 490 g/mol. The van der Waals surface area contributed by atoms with Gasteiger partial charge in [-0.2, -0.15) is 0 Å². The number of hydrogen-bond donors (Lipinski definition) is 1. The van der Waals surface area contributed by atoms with Crippen LogP contribution in [0.25, 0.3) is 26.0 Å². The van der Waals surface area contributed by atoms with Gasteiger partial charge in [0.05, 0.1) is 18.3 Å². The van der Waals surface area contributed by atoms with Crippen LogP contribution in [0.2, 0.25) is 0 Å². The van der Waals surface area contributed by atoms with Gasteiger partial charge in [0, 0.05) is 15.8 Å². The topological polar surface area (TPSA) is 82.3 Å². The van der Waals surface area contributed by atoms with Gasteiger partial charge in [-0.3, -0.25) is 14.2 Å². The summed E-state index contributed by atoms with van der Waals surface area (Å²) in [6.07, 6.45) is 0. The average Bonchev–Trinajstić information content (AvgIpc) is 3.24. The van der Waals surface area contributed by atoms with E-state index in [9.17, 15) is 18.8 Å². The molecule has 0 aliphatic carbocycles. The quantitative estimate of drug-likeness (QED) is 0.395. The third-order valence-electron chi connectivity index (χ3n) is 5.75. The van der Waals surface area contributed by atoms with Crippen molar-refractivity contribution < 1.29 is 13.9 Å². The Morgan fingerprint density at radius 3 is 2.51 bits per heavy atom. The Labute approximate surface area is 202 Å². The third-order valence-corrected chi connectivity index (χ3v) is 6.90. The Bertz CT molecular complexity index is 1720. The molecule has 0 unspecified atom stereocenters. The Hall–Kier alpha value is -4.24. The van der Waals surface area contributed by atoms with Gasteiger partial charge >= 0.3 is 5.69 Å². The number of nitrogens with zero attached hydrogens (tertiary/aromatic N) is 2. The number of thiophene rings is 1. The Morgan fingerprint density at radius 2 is 1.80 bits per heavy atom. The molecule has 9 heteroatoms. The molecule has 0 saturated heterocycles. The van der Waals surface area contributed by atoms with Gasteiger partial charge in [-0.15, -0.1) is 11.3 Å². The summed E-state index contributed by atoms with van der Waals surface area (Å²) in [5, 5.41) is 3.46. The molecule has 0 atom stereocenters. The van der Waals surface area contributed by atoms with Crippen molar-refractivity contribution in [2.45, 2.75) is 13.5 Å². The number of carbonyl (C=O) groups excluding carboxylic acids is 1. The Morgan fingerprint density at radius 1 is 1.06 bits per heavy atom. The van der Waals surface area contributed by atoms with Crippen LogP contribution in [0.1, 0.15) is 5.56 Å². The summed E-state index contributed by atoms with van der Waals surface area (Å²) >= 11 is 1.23. The highest BCUT2D eigenvalue weighted by atomic mass is 32.1. The van der Waals surface area contributed by atoms with Crippen LogP contribution in [-0.4, -0.2) is 22.2 Å². The molecule has 0 bridgehead atoms. The predicted molar refractivity (Wildman–Crippen MR) is 136 cm³/mol. The second-order valence-electron chi connectivity index (χ2n) is 8.00. The second kappa shape index (κ2) is 8.84. The lowest BCUT2D eigenvalue weighted by Crippen LogP contribution is -2.40. The highest BCUT2D eigenvalue weighted by molar-refractivity contribution is 7.25.